The number of fused-ring (bicyclic) bond motifs is 1. The summed E-state index contributed by atoms with van der Waals surface area (Å²) in [7, 11) is 0. The van der Waals surface area contributed by atoms with Gasteiger partial charge in [0.2, 0.25) is 5.91 Å². The van der Waals surface area contributed by atoms with Crippen molar-refractivity contribution in [2.75, 3.05) is 6.54 Å². The molecule has 0 aliphatic carbocycles. The van der Waals surface area contributed by atoms with Crippen molar-refractivity contribution < 1.29 is 19.2 Å². The van der Waals surface area contributed by atoms with Crippen LogP contribution in [0.5, 0.6) is 0 Å². The first-order valence-corrected chi connectivity index (χ1v) is 6.73. The van der Waals surface area contributed by atoms with Crippen LogP contribution >= 0.6 is 0 Å². The van der Waals surface area contributed by atoms with Gasteiger partial charge in [-0.25, -0.2) is 0 Å². The average Bonchev–Trinajstić information content (AvgIpc) is 2.82. The lowest BCUT2D eigenvalue weighted by Crippen LogP contribution is -2.32. The highest BCUT2D eigenvalue weighted by molar-refractivity contribution is 5.86. The third kappa shape index (κ3) is 3.59. The zero-order chi connectivity index (χ0) is 15.5. The van der Waals surface area contributed by atoms with Gasteiger partial charge in [0.1, 0.15) is 5.69 Å². The molecule has 0 saturated carbocycles. The molecule has 0 aliphatic rings. The molecule has 6 nitrogen and oxygen atoms in total. The number of amides is 1. The van der Waals surface area contributed by atoms with Crippen molar-refractivity contribution in [3.05, 3.63) is 30.0 Å². The molecule has 0 spiro atoms. The van der Waals surface area contributed by atoms with Gasteiger partial charge in [-0.1, -0.05) is 17.3 Å². The minimum Gasteiger partial charge on any atom is -0.481 e. The number of aromatic nitrogens is 1. The normalized spacial score (nSPS) is 11.5. The lowest BCUT2D eigenvalue weighted by Gasteiger charge is -2.18. The number of rotatable bonds is 6. The van der Waals surface area contributed by atoms with Gasteiger partial charge in [0.25, 0.3) is 0 Å². The van der Waals surface area contributed by atoms with Crippen LogP contribution in [-0.4, -0.2) is 28.7 Å². The van der Waals surface area contributed by atoms with Gasteiger partial charge in [-0.2, -0.15) is 0 Å². The Morgan fingerprint density at radius 2 is 2.05 bits per heavy atom. The SMILES string of the molecule is CC(C)(CCNC(=O)Cc1noc2ccccc12)C(=O)O. The van der Waals surface area contributed by atoms with Crippen LogP contribution < -0.4 is 5.32 Å². The third-order valence-corrected chi connectivity index (χ3v) is 3.43. The van der Waals surface area contributed by atoms with Crippen molar-refractivity contribution in [3.63, 3.8) is 0 Å². The van der Waals surface area contributed by atoms with Gasteiger partial charge < -0.3 is 14.9 Å². The zero-order valence-electron chi connectivity index (χ0n) is 12.0. The standard InChI is InChI=1S/C15H18N2O4/c1-15(2,14(19)20)7-8-16-13(18)9-11-10-5-3-4-6-12(10)21-17-11/h3-6H,7-9H2,1-2H3,(H,16,18)(H,19,20). The van der Waals surface area contributed by atoms with Crippen LogP contribution in [0.2, 0.25) is 0 Å². The maximum Gasteiger partial charge on any atom is 0.309 e. The summed E-state index contributed by atoms with van der Waals surface area (Å²) in [4.78, 5) is 22.8. The van der Waals surface area contributed by atoms with Gasteiger partial charge in [-0.15, -0.1) is 0 Å². The Morgan fingerprint density at radius 3 is 2.76 bits per heavy atom. The summed E-state index contributed by atoms with van der Waals surface area (Å²) in [6.45, 7) is 3.58. The number of nitrogens with zero attached hydrogens (tertiary/aromatic N) is 1. The molecule has 0 fully saturated rings. The number of para-hydroxylation sites is 1. The van der Waals surface area contributed by atoms with Crippen LogP contribution in [0, 0.1) is 5.41 Å². The molecule has 0 atom stereocenters. The van der Waals surface area contributed by atoms with E-state index in [1.165, 1.54) is 0 Å². The van der Waals surface area contributed by atoms with Crippen molar-refractivity contribution in [2.45, 2.75) is 26.7 Å². The van der Waals surface area contributed by atoms with Crippen molar-refractivity contribution in [3.8, 4) is 0 Å². The second-order valence-electron chi connectivity index (χ2n) is 5.59. The molecule has 0 aliphatic heterocycles. The quantitative estimate of drug-likeness (QED) is 0.848. The van der Waals surface area contributed by atoms with E-state index in [9.17, 15) is 9.59 Å². The molecule has 21 heavy (non-hydrogen) atoms. The summed E-state index contributed by atoms with van der Waals surface area (Å²) in [6, 6.07) is 7.34. The number of aliphatic carboxylic acids is 1. The highest BCUT2D eigenvalue weighted by Crippen LogP contribution is 2.20. The smallest absolute Gasteiger partial charge is 0.309 e. The Hall–Kier alpha value is -2.37. The second kappa shape index (κ2) is 5.95. The fourth-order valence-electron chi connectivity index (χ4n) is 1.90. The van der Waals surface area contributed by atoms with E-state index in [4.69, 9.17) is 9.63 Å². The van der Waals surface area contributed by atoms with E-state index in [0.29, 0.717) is 24.2 Å². The molecule has 2 aromatic rings. The average molecular weight is 290 g/mol. The molecule has 0 saturated heterocycles. The predicted molar refractivity (Wildman–Crippen MR) is 76.8 cm³/mol. The summed E-state index contributed by atoms with van der Waals surface area (Å²) >= 11 is 0. The molecule has 6 heteroatoms. The number of carboxylic acid groups (broad SMARTS) is 1. The largest absolute Gasteiger partial charge is 0.481 e. The molecule has 1 heterocycles. The van der Waals surface area contributed by atoms with Crippen LogP contribution in [0.4, 0.5) is 0 Å². The van der Waals surface area contributed by atoms with Crippen LogP contribution in [0.25, 0.3) is 11.0 Å². The van der Waals surface area contributed by atoms with E-state index in [1.54, 1.807) is 19.9 Å². The number of carboxylic acids is 1. The summed E-state index contributed by atoms with van der Waals surface area (Å²) in [5, 5.41) is 16.4. The van der Waals surface area contributed by atoms with Gasteiger partial charge >= 0.3 is 5.97 Å². The lowest BCUT2D eigenvalue weighted by atomic mass is 9.90. The van der Waals surface area contributed by atoms with Crippen molar-refractivity contribution in [2.24, 2.45) is 5.41 Å². The van der Waals surface area contributed by atoms with E-state index >= 15 is 0 Å². The van der Waals surface area contributed by atoms with E-state index < -0.39 is 11.4 Å². The number of carbonyl (C=O) groups excluding carboxylic acids is 1. The molecule has 0 bridgehead atoms. The molecule has 0 unspecified atom stereocenters. The monoisotopic (exact) mass is 290 g/mol. The first-order valence-electron chi connectivity index (χ1n) is 6.73. The van der Waals surface area contributed by atoms with Crippen LogP contribution in [-0.2, 0) is 16.0 Å². The van der Waals surface area contributed by atoms with Gasteiger partial charge in [0.15, 0.2) is 5.58 Å². The highest BCUT2D eigenvalue weighted by Gasteiger charge is 2.26. The first kappa shape index (κ1) is 15.0. The van der Waals surface area contributed by atoms with E-state index in [0.717, 1.165) is 5.39 Å². The molecule has 1 aromatic carbocycles. The molecule has 2 rings (SSSR count). The van der Waals surface area contributed by atoms with Crippen LogP contribution in [0.15, 0.2) is 28.8 Å². The Bertz CT molecular complexity index is 660. The predicted octanol–water partition coefficient (Wildman–Crippen LogP) is 1.99. The fraction of sp³-hybridized carbons (Fsp3) is 0.400. The number of hydrogen-bond acceptors (Lipinski definition) is 4. The van der Waals surface area contributed by atoms with E-state index in [1.807, 2.05) is 18.2 Å². The number of nitrogens with one attached hydrogen (secondary N) is 1. The second-order valence-corrected chi connectivity index (χ2v) is 5.59. The highest BCUT2D eigenvalue weighted by atomic mass is 16.5. The van der Waals surface area contributed by atoms with Gasteiger partial charge in [0.05, 0.1) is 11.8 Å². The van der Waals surface area contributed by atoms with Crippen molar-refractivity contribution in [1.29, 1.82) is 0 Å². The molecule has 0 radical (unpaired) electrons. The molecule has 2 N–H and O–H groups in total. The number of hydrogen-bond donors (Lipinski definition) is 2. The minimum atomic E-state index is -0.876. The lowest BCUT2D eigenvalue weighted by molar-refractivity contribution is -0.147. The Morgan fingerprint density at radius 1 is 1.33 bits per heavy atom. The molecular formula is C15H18N2O4. The number of carbonyl (C=O) groups is 2. The Kier molecular flexibility index (Phi) is 4.26. The van der Waals surface area contributed by atoms with E-state index in [2.05, 4.69) is 10.5 Å². The zero-order valence-corrected chi connectivity index (χ0v) is 12.0. The summed E-state index contributed by atoms with van der Waals surface area (Å²) in [6.07, 6.45) is 0.484. The van der Waals surface area contributed by atoms with Gasteiger partial charge in [-0.3, -0.25) is 9.59 Å². The third-order valence-electron chi connectivity index (χ3n) is 3.43. The summed E-state index contributed by atoms with van der Waals surface area (Å²) < 4.78 is 5.13. The fourth-order valence-corrected chi connectivity index (χ4v) is 1.90. The van der Waals surface area contributed by atoms with Crippen molar-refractivity contribution in [1.82, 2.24) is 10.5 Å². The molecule has 1 aromatic heterocycles. The van der Waals surface area contributed by atoms with Crippen LogP contribution in [0.3, 0.4) is 0 Å². The number of benzene rings is 1. The maximum absolute atomic E-state index is 11.9. The van der Waals surface area contributed by atoms with Crippen LogP contribution in [0.1, 0.15) is 26.0 Å². The van der Waals surface area contributed by atoms with E-state index in [-0.39, 0.29) is 12.3 Å². The minimum absolute atomic E-state index is 0.116. The molecular weight excluding hydrogens is 272 g/mol. The Labute approximate surface area is 122 Å². The Balaban J connectivity index is 1.89. The summed E-state index contributed by atoms with van der Waals surface area (Å²) in [5.41, 5.74) is 0.376. The first-order chi connectivity index (χ1) is 9.90. The van der Waals surface area contributed by atoms with Gasteiger partial charge in [0, 0.05) is 11.9 Å². The summed E-state index contributed by atoms with van der Waals surface area (Å²) in [5.74, 6) is -1.07. The topological polar surface area (TPSA) is 92.4 Å². The van der Waals surface area contributed by atoms with Crippen molar-refractivity contribution >= 4 is 22.8 Å². The molecule has 112 valence electrons. The molecule has 1 amide bonds. The van der Waals surface area contributed by atoms with Gasteiger partial charge in [-0.05, 0) is 32.4 Å². The maximum atomic E-state index is 11.9.